The van der Waals surface area contributed by atoms with Crippen LogP contribution in [0.1, 0.15) is 70.0 Å². The Hall–Kier alpha value is -5.83. The van der Waals surface area contributed by atoms with Crippen LogP contribution in [0.2, 0.25) is 0 Å². The van der Waals surface area contributed by atoms with Crippen LogP contribution in [0.5, 0.6) is 11.5 Å². The van der Waals surface area contributed by atoms with Crippen LogP contribution in [0.25, 0.3) is 11.1 Å². The SMILES string of the molecule is CNc1nc(Nc2cn(C3CC(CC#N)C3)nc2C)ncc1-c1c(C(F)F)ccc2c1C1(OC(=O)c3ccccc31)c1ccccc1O2. The molecule has 1 saturated carbocycles. The lowest BCUT2D eigenvalue weighted by Crippen LogP contribution is -2.34. The number of ether oxygens (including phenoxy) is 2. The Morgan fingerprint density at radius 1 is 1.06 bits per heavy atom. The van der Waals surface area contributed by atoms with E-state index in [2.05, 4.69) is 26.8 Å². The highest BCUT2D eigenvalue weighted by Gasteiger charge is 2.55. The van der Waals surface area contributed by atoms with E-state index in [-0.39, 0.29) is 45.8 Å². The van der Waals surface area contributed by atoms with Gasteiger partial charge in [0.25, 0.3) is 6.43 Å². The number of carbonyl (C=O) groups is 1. The van der Waals surface area contributed by atoms with Gasteiger partial charge in [-0.05, 0) is 49.9 Å². The second-order valence-corrected chi connectivity index (χ2v) is 12.2. The molecule has 1 fully saturated rings. The number of hydrogen-bond acceptors (Lipinski definition) is 9. The molecule has 2 aromatic heterocycles. The molecule has 2 aliphatic heterocycles. The van der Waals surface area contributed by atoms with E-state index in [1.165, 1.54) is 18.3 Å². The molecule has 48 heavy (non-hydrogen) atoms. The van der Waals surface area contributed by atoms with E-state index in [0.29, 0.717) is 40.5 Å². The lowest BCUT2D eigenvalue weighted by atomic mass is 9.74. The first-order valence-corrected chi connectivity index (χ1v) is 15.6. The molecule has 1 aliphatic carbocycles. The number of alkyl halides is 2. The first-order chi connectivity index (χ1) is 23.3. The van der Waals surface area contributed by atoms with Crippen molar-refractivity contribution < 1.29 is 23.0 Å². The van der Waals surface area contributed by atoms with Gasteiger partial charge in [-0.1, -0.05) is 36.4 Å². The van der Waals surface area contributed by atoms with Gasteiger partial charge in [-0.3, -0.25) is 4.68 Å². The van der Waals surface area contributed by atoms with E-state index in [1.54, 1.807) is 55.6 Å². The number of nitriles is 1. The third-order valence-corrected chi connectivity index (χ3v) is 9.47. The number of nitrogens with zero attached hydrogens (tertiary/aromatic N) is 5. The molecule has 12 heteroatoms. The third-order valence-electron chi connectivity index (χ3n) is 9.47. The zero-order valence-corrected chi connectivity index (χ0v) is 26.0. The maximum atomic E-state index is 15.0. The number of fused-ring (bicyclic) bond motifs is 6. The van der Waals surface area contributed by atoms with Gasteiger partial charge in [-0.2, -0.15) is 15.3 Å². The van der Waals surface area contributed by atoms with Crippen LogP contribution in [0.3, 0.4) is 0 Å². The van der Waals surface area contributed by atoms with E-state index in [4.69, 9.17) is 19.7 Å². The molecule has 1 spiro atoms. The summed E-state index contributed by atoms with van der Waals surface area (Å²) >= 11 is 0. The molecule has 3 aliphatic rings. The lowest BCUT2D eigenvalue weighted by molar-refractivity contribution is 0.0225. The minimum absolute atomic E-state index is 0.110. The van der Waals surface area contributed by atoms with Crippen LogP contribution >= 0.6 is 0 Å². The molecule has 8 rings (SSSR count). The molecule has 0 radical (unpaired) electrons. The summed E-state index contributed by atoms with van der Waals surface area (Å²) in [7, 11) is 1.65. The normalized spacial score (nSPS) is 20.2. The molecule has 5 aromatic rings. The summed E-state index contributed by atoms with van der Waals surface area (Å²) in [6, 6.07) is 19.4. The third kappa shape index (κ3) is 4.41. The molecule has 10 nitrogen and oxygen atoms in total. The van der Waals surface area contributed by atoms with Gasteiger partial charge in [-0.25, -0.2) is 18.6 Å². The van der Waals surface area contributed by atoms with Gasteiger partial charge >= 0.3 is 5.97 Å². The summed E-state index contributed by atoms with van der Waals surface area (Å²) in [4.78, 5) is 22.7. The van der Waals surface area contributed by atoms with E-state index in [0.717, 1.165) is 18.5 Å². The Morgan fingerprint density at radius 3 is 2.60 bits per heavy atom. The number of benzene rings is 3. The maximum absolute atomic E-state index is 15.0. The molecule has 1 unspecified atom stereocenters. The highest BCUT2D eigenvalue weighted by Crippen LogP contribution is 2.60. The van der Waals surface area contributed by atoms with Gasteiger partial charge in [0.1, 0.15) is 17.3 Å². The van der Waals surface area contributed by atoms with Gasteiger partial charge in [0.05, 0.1) is 34.6 Å². The number of halogens is 2. The molecule has 2 N–H and O–H groups in total. The Labute approximate surface area is 274 Å². The maximum Gasteiger partial charge on any atom is 0.340 e. The number of hydrogen-bond donors (Lipinski definition) is 2. The van der Waals surface area contributed by atoms with Gasteiger partial charge in [0, 0.05) is 53.7 Å². The number of aromatic nitrogens is 4. The number of anilines is 3. The molecule has 0 saturated heterocycles. The summed E-state index contributed by atoms with van der Waals surface area (Å²) in [6.07, 6.45) is 2.83. The van der Waals surface area contributed by atoms with Crippen LogP contribution in [0, 0.1) is 24.2 Å². The molecule has 240 valence electrons. The van der Waals surface area contributed by atoms with Crippen molar-refractivity contribution >= 4 is 23.4 Å². The van der Waals surface area contributed by atoms with Crippen molar-refractivity contribution in [2.75, 3.05) is 17.7 Å². The summed E-state index contributed by atoms with van der Waals surface area (Å²) < 4.78 is 44.5. The predicted octanol–water partition coefficient (Wildman–Crippen LogP) is 7.80. The average Bonchev–Trinajstić information content (AvgIpc) is 3.58. The van der Waals surface area contributed by atoms with Crippen molar-refractivity contribution in [3.63, 3.8) is 0 Å². The summed E-state index contributed by atoms with van der Waals surface area (Å²) in [6.45, 7) is 1.88. The monoisotopic (exact) mass is 645 g/mol. The highest BCUT2D eigenvalue weighted by molar-refractivity contribution is 5.98. The Morgan fingerprint density at radius 2 is 1.83 bits per heavy atom. The summed E-state index contributed by atoms with van der Waals surface area (Å²) in [5, 5.41) is 19.9. The van der Waals surface area contributed by atoms with Gasteiger partial charge in [-0.15, -0.1) is 0 Å². The Balaban J connectivity index is 1.26. The van der Waals surface area contributed by atoms with Crippen LogP contribution in [-0.2, 0) is 10.3 Å². The van der Waals surface area contributed by atoms with Gasteiger partial charge < -0.3 is 20.1 Å². The van der Waals surface area contributed by atoms with Crippen LogP contribution in [0.15, 0.2) is 73.1 Å². The molecule has 3 aromatic carbocycles. The topological polar surface area (TPSA) is 127 Å². The van der Waals surface area contributed by atoms with Crippen LogP contribution in [0.4, 0.5) is 26.2 Å². The van der Waals surface area contributed by atoms with Crippen molar-refractivity contribution in [3.05, 3.63) is 107 Å². The zero-order chi connectivity index (χ0) is 33.2. The smallest absolute Gasteiger partial charge is 0.340 e. The number of esters is 1. The molecule has 0 amide bonds. The fourth-order valence-corrected chi connectivity index (χ4v) is 7.15. The number of rotatable bonds is 7. The Bertz CT molecular complexity index is 2150. The molecular weight excluding hydrogens is 616 g/mol. The molecule has 4 heterocycles. The molecule has 0 bridgehead atoms. The Kier molecular flexibility index (Phi) is 6.87. The number of aryl methyl sites for hydroxylation is 1. The quantitative estimate of drug-likeness (QED) is 0.170. The first kappa shape index (κ1) is 29.6. The van der Waals surface area contributed by atoms with E-state index in [1.807, 2.05) is 17.8 Å². The second kappa shape index (κ2) is 11.2. The van der Waals surface area contributed by atoms with Crippen molar-refractivity contribution in [2.24, 2.45) is 5.92 Å². The summed E-state index contributed by atoms with van der Waals surface area (Å²) in [5.74, 6) is 1.06. The highest BCUT2D eigenvalue weighted by atomic mass is 19.3. The second-order valence-electron chi connectivity index (χ2n) is 12.2. The minimum atomic E-state index is -2.89. The van der Waals surface area contributed by atoms with Crippen molar-refractivity contribution in [1.29, 1.82) is 5.26 Å². The summed E-state index contributed by atoms with van der Waals surface area (Å²) in [5.41, 5.74) is 1.65. The van der Waals surface area contributed by atoms with Crippen LogP contribution < -0.4 is 15.4 Å². The number of nitrogens with one attached hydrogen (secondary N) is 2. The lowest BCUT2D eigenvalue weighted by Gasteiger charge is -2.38. The van der Waals surface area contributed by atoms with Crippen molar-refractivity contribution in [1.82, 2.24) is 19.7 Å². The standard InChI is InChI=1S/C36H29F2N7O3/c1-19-27(18-45(44-19)21-15-20(16-21)13-14-39)42-35-41-17-24(33(40-2)43-35)30-23(32(37)38)11-12-29-31(30)36(26-9-5-6-10-28(26)47-29)25-8-4-3-7-22(25)34(46)48-36/h3-12,17-18,20-21,32H,13,15-16H2,1-2H3,(H2,40,41,42,43). The van der Waals surface area contributed by atoms with Crippen molar-refractivity contribution in [2.45, 2.75) is 44.3 Å². The fraction of sp³-hybridized carbons (Fsp3) is 0.250. The van der Waals surface area contributed by atoms with Gasteiger partial charge in [0.15, 0.2) is 5.60 Å². The average molecular weight is 646 g/mol. The van der Waals surface area contributed by atoms with Gasteiger partial charge in [0.2, 0.25) is 5.95 Å². The molecular formula is C36H29F2N7O3. The predicted molar refractivity (Wildman–Crippen MR) is 172 cm³/mol. The fourth-order valence-electron chi connectivity index (χ4n) is 7.15. The zero-order valence-electron chi connectivity index (χ0n) is 26.0. The van der Waals surface area contributed by atoms with E-state index in [9.17, 15) is 13.6 Å². The van der Waals surface area contributed by atoms with E-state index >= 15 is 0 Å². The largest absolute Gasteiger partial charge is 0.456 e. The minimum Gasteiger partial charge on any atom is -0.456 e. The first-order valence-electron chi connectivity index (χ1n) is 15.6. The van der Waals surface area contributed by atoms with Crippen LogP contribution in [-0.4, -0.2) is 32.8 Å². The van der Waals surface area contributed by atoms with E-state index < -0.39 is 18.0 Å². The number of para-hydroxylation sites is 1. The van der Waals surface area contributed by atoms with Crippen molar-refractivity contribution in [3.8, 4) is 28.7 Å². The number of carbonyl (C=O) groups excluding carboxylic acids is 1. The molecule has 1 atom stereocenters.